The van der Waals surface area contributed by atoms with E-state index in [1.54, 1.807) is 36.4 Å². The monoisotopic (exact) mass is 449 g/mol. The highest BCUT2D eigenvalue weighted by molar-refractivity contribution is 7.89. The molecule has 162 valence electrons. The number of benzene rings is 3. The molecule has 0 amide bonds. The quantitative estimate of drug-likeness (QED) is 0.467. The van der Waals surface area contributed by atoms with Gasteiger partial charge in [-0.05, 0) is 47.5 Å². The van der Waals surface area contributed by atoms with Crippen LogP contribution < -0.4 is 10.3 Å². The molecule has 1 heterocycles. The second-order valence-corrected chi connectivity index (χ2v) is 8.87. The number of hydrogen-bond donors (Lipinski definition) is 1. The summed E-state index contributed by atoms with van der Waals surface area (Å²) in [5, 5.41) is 0. The van der Waals surface area contributed by atoms with E-state index in [0.29, 0.717) is 11.3 Å². The maximum absolute atomic E-state index is 13.1. The van der Waals surface area contributed by atoms with Crippen LogP contribution in [0.2, 0.25) is 0 Å². The third-order valence-corrected chi connectivity index (χ3v) is 6.41. The summed E-state index contributed by atoms with van der Waals surface area (Å²) in [5.74, 6) is -0.371. The molecule has 4 aromatic rings. The molecule has 0 unspecified atom stereocenters. The zero-order valence-corrected chi connectivity index (χ0v) is 17.8. The molecule has 1 aromatic heterocycles. The highest BCUT2D eigenvalue weighted by Crippen LogP contribution is 2.21. The molecule has 4 rings (SSSR count). The van der Waals surface area contributed by atoms with Gasteiger partial charge in [-0.25, -0.2) is 22.5 Å². The van der Waals surface area contributed by atoms with E-state index in [0.717, 1.165) is 11.1 Å². The summed E-state index contributed by atoms with van der Waals surface area (Å²) in [7, 11) is -3.72. The summed E-state index contributed by atoms with van der Waals surface area (Å²) < 4.78 is 42.0. The van der Waals surface area contributed by atoms with Crippen LogP contribution in [-0.2, 0) is 16.6 Å². The van der Waals surface area contributed by atoms with Crippen molar-refractivity contribution >= 4 is 10.0 Å². The van der Waals surface area contributed by atoms with Crippen molar-refractivity contribution in [1.29, 1.82) is 0 Å². The number of aromatic nitrogens is 2. The van der Waals surface area contributed by atoms with Crippen molar-refractivity contribution in [3.05, 3.63) is 107 Å². The number of hydrogen-bond acceptors (Lipinski definition) is 4. The molecular weight excluding hydrogens is 429 g/mol. The molecular formula is C24H20FN3O3S. The van der Waals surface area contributed by atoms with Gasteiger partial charge in [0.05, 0.1) is 16.9 Å². The summed E-state index contributed by atoms with van der Waals surface area (Å²) >= 11 is 0. The van der Waals surface area contributed by atoms with Crippen LogP contribution in [0, 0.1) is 5.82 Å². The van der Waals surface area contributed by atoms with Crippen molar-refractivity contribution in [3.8, 4) is 22.4 Å². The van der Waals surface area contributed by atoms with Crippen LogP contribution in [-0.4, -0.2) is 24.5 Å². The predicted molar refractivity (Wildman–Crippen MR) is 121 cm³/mol. The summed E-state index contributed by atoms with van der Waals surface area (Å²) in [6.07, 6.45) is 1.35. The van der Waals surface area contributed by atoms with Crippen molar-refractivity contribution < 1.29 is 12.8 Å². The maximum Gasteiger partial charge on any atom is 0.253 e. The van der Waals surface area contributed by atoms with E-state index in [2.05, 4.69) is 9.71 Å². The Balaban J connectivity index is 1.40. The lowest BCUT2D eigenvalue weighted by Crippen LogP contribution is -2.30. The average Bonchev–Trinajstić information content (AvgIpc) is 2.81. The van der Waals surface area contributed by atoms with Crippen molar-refractivity contribution in [3.63, 3.8) is 0 Å². The Kier molecular flexibility index (Phi) is 6.25. The Bertz CT molecular complexity index is 1370. The fraction of sp³-hybridized carbons (Fsp3) is 0.0833. The number of nitrogens with zero attached hydrogens (tertiary/aromatic N) is 2. The summed E-state index contributed by atoms with van der Waals surface area (Å²) in [6.45, 7) is 0.150. The van der Waals surface area contributed by atoms with Crippen LogP contribution in [0.1, 0.15) is 0 Å². The predicted octanol–water partition coefficient (Wildman–Crippen LogP) is 3.69. The van der Waals surface area contributed by atoms with E-state index in [4.69, 9.17) is 0 Å². The van der Waals surface area contributed by atoms with Gasteiger partial charge in [0.25, 0.3) is 5.56 Å². The van der Waals surface area contributed by atoms with Crippen molar-refractivity contribution in [1.82, 2.24) is 14.3 Å². The molecule has 0 bridgehead atoms. The number of halogens is 1. The lowest BCUT2D eigenvalue weighted by Gasteiger charge is -2.10. The van der Waals surface area contributed by atoms with Gasteiger partial charge >= 0.3 is 0 Å². The number of sulfonamides is 1. The topological polar surface area (TPSA) is 81.1 Å². The Labute approximate surface area is 185 Å². The first kappa shape index (κ1) is 21.6. The third kappa shape index (κ3) is 4.99. The number of nitrogens with one attached hydrogen (secondary N) is 1. The molecule has 0 fully saturated rings. The van der Waals surface area contributed by atoms with Gasteiger partial charge in [0.2, 0.25) is 10.0 Å². The first-order chi connectivity index (χ1) is 15.4. The smallest absolute Gasteiger partial charge is 0.253 e. The Morgan fingerprint density at radius 2 is 1.47 bits per heavy atom. The molecule has 0 spiro atoms. The van der Waals surface area contributed by atoms with Gasteiger partial charge in [-0.2, -0.15) is 0 Å². The highest BCUT2D eigenvalue weighted by Gasteiger charge is 2.14. The zero-order chi connectivity index (χ0) is 22.6. The van der Waals surface area contributed by atoms with Crippen LogP contribution in [0.3, 0.4) is 0 Å². The molecule has 1 N–H and O–H groups in total. The molecule has 0 aliphatic carbocycles. The molecule has 3 aromatic carbocycles. The van der Waals surface area contributed by atoms with Gasteiger partial charge < -0.3 is 0 Å². The minimum absolute atomic E-state index is 0.0280. The SMILES string of the molecule is O=c1cc(-c2ccc(F)cc2)ncn1CCNS(=O)(=O)c1ccc(-c2ccccc2)cc1. The van der Waals surface area contributed by atoms with Crippen LogP contribution in [0.5, 0.6) is 0 Å². The number of rotatable bonds is 7. The van der Waals surface area contributed by atoms with Crippen LogP contribution in [0.4, 0.5) is 4.39 Å². The lowest BCUT2D eigenvalue weighted by atomic mass is 10.1. The van der Waals surface area contributed by atoms with Crippen LogP contribution in [0.25, 0.3) is 22.4 Å². The van der Waals surface area contributed by atoms with E-state index in [1.165, 1.54) is 29.1 Å². The molecule has 0 saturated heterocycles. The molecule has 0 aliphatic heterocycles. The van der Waals surface area contributed by atoms with Crippen molar-refractivity contribution in [2.75, 3.05) is 6.54 Å². The van der Waals surface area contributed by atoms with Crippen LogP contribution in [0.15, 0.2) is 101 Å². The van der Waals surface area contributed by atoms with E-state index in [9.17, 15) is 17.6 Å². The van der Waals surface area contributed by atoms with Crippen molar-refractivity contribution in [2.45, 2.75) is 11.4 Å². The molecule has 6 nitrogen and oxygen atoms in total. The van der Waals surface area contributed by atoms with Gasteiger partial charge in [-0.1, -0.05) is 42.5 Å². The minimum Gasteiger partial charge on any atom is -0.298 e. The first-order valence-electron chi connectivity index (χ1n) is 9.90. The van der Waals surface area contributed by atoms with Crippen LogP contribution >= 0.6 is 0 Å². The molecule has 8 heteroatoms. The largest absolute Gasteiger partial charge is 0.298 e. The van der Waals surface area contributed by atoms with Crippen molar-refractivity contribution in [2.24, 2.45) is 0 Å². The fourth-order valence-electron chi connectivity index (χ4n) is 3.21. The van der Waals surface area contributed by atoms with Gasteiger partial charge in [0.1, 0.15) is 5.82 Å². The van der Waals surface area contributed by atoms with E-state index < -0.39 is 10.0 Å². The minimum atomic E-state index is -3.72. The maximum atomic E-state index is 13.1. The highest BCUT2D eigenvalue weighted by atomic mass is 32.2. The van der Waals surface area contributed by atoms with Gasteiger partial charge in [0, 0.05) is 24.7 Å². The Morgan fingerprint density at radius 3 is 2.12 bits per heavy atom. The Morgan fingerprint density at radius 1 is 0.844 bits per heavy atom. The summed E-state index contributed by atoms with van der Waals surface area (Å²) in [5.41, 5.74) is 2.63. The Hall–Kier alpha value is -3.62. The second kappa shape index (κ2) is 9.25. The van der Waals surface area contributed by atoms with E-state index in [1.807, 2.05) is 30.3 Å². The third-order valence-electron chi connectivity index (χ3n) is 4.94. The van der Waals surface area contributed by atoms with Gasteiger partial charge in [-0.3, -0.25) is 9.36 Å². The standard InChI is InChI=1S/C24H20FN3O3S/c25-21-10-6-20(7-11-21)23-16-24(29)28(17-26-23)15-14-27-32(30,31)22-12-8-19(9-13-22)18-4-2-1-3-5-18/h1-13,16-17,27H,14-15H2. The molecule has 0 radical (unpaired) electrons. The van der Waals surface area contributed by atoms with E-state index >= 15 is 0 Å². The molecule has 32 heavy (non-hydrogen) atoms. The zero-order valence-electron chi connectivity index (χ0n) is 17.0. The van der Waals surface area contributed by atoms with Gasteiger partial charge in [-0.15, -0.1) is 0 Å². The average molecular weight is 450 g/mol. The molecule has 0 aliphatic rings. The first-order valence-corrected chi connectivity index (χ1v) is 11.4. The van der Waals surface area contributed by atoms with Gasteiger partial charge in [0.15, 0.2) is 0 Å². The molecule has 0 atom stereocenters. The molecule has 0 saturated carbocycles. The van der Waals surface area contributed by atoms with E-state index in [-0.39, 0.29) is 29.4 Å². The second-order valence-electron chi connectivity index (χ2n) is 7.10. The summed E-state index contributed by atoms with van der Waals surface area (Å²) in [4.78, 5) is 16.7. The fourth-order valence-corrected chi connectivity index (χ4v) is 4.23. The summed E-state index contributed by atoms with van der Waals surface area (Å²) in [6, 6.07) is 23.3. The normalized spacial score (nSPS) is 11.4. The lowest BCUT2D eigenvalue weighted by molar-refractivity contribution is 0.569.